The van der Waals surface area contributed by atoms with Crippen molar-refractivity contribution in [2.45, 2.75) is 45.8 Å². The summed E-state index contributed by atoms with van der Waals surface area (Å²) in [6.07, 6.45) is 4.03. The number of fused-ring (bicyclic) bond motifs is 1. The van der Waals surface area contributed by atoms with Gasteiger partial charge >= 0.3 is 7.12 Å². The molecule has 0 aromatic carbocycles. The summed E-state index contributed by atoms with van der Waals surface area (Å²) in [5.74, 6) is 0. The van der Waals surface area contributed by atoms with Crippen LogP contribution in [0.2, 0.25) is 0 Å². The quantitative estimate of drug-likeness (QED) is 0.733. The van der Waals surface area contributed by atoms with E-state index in [1.54, 1.807) is 0 Å². The van der Waals surface area contributed by atoms with E-state index in [1.807, 2.05) is 35.9 Å². The number of rotatable bonds is 1. The van der Waals surface area contributed by atoms with Crippen LogP contribution in [0.4, 0.5) is 0 Å². The lowest BCUT2D eigenvalue weighted by Crippen LogP contribution is -2.41. The monoisotopic (exact) mass is 258 g/mol. The predicted octanol–water partition coefficient (Wildman–Crippen LogP) is 1.94. The lowest BCUT2D eigenvalue weighted by Gasteiger charge is -2.32. The van der Waals surface area contributed by atoms with Gasteiger partial charge in [-0.3, -0.25) is 0 Å². The number of pyridine rings is 1. The van der Waals surface area contributed by atoms with Gasteiger partial charge in [-0.25, -0.2) is 4.98 Å². The summed E-state index contributed by atoms with van der Waals surface area (Å²) in [4.78, 5) is 4.42. The van der Waals surface area contributed by atoms with Crippen LogP contribution in [0.25, 0.3) is 5.65 Å². The summed E-state index contributed by atoms with van der Waals surface area (Å²) in [5, 5.41) is 0. The normalized spacial score (nSPS) is 21.2. The minimum absolute atomic E-state index is 0.308. The van der Waals surface area contributed by atoms with Crippen molar-refractivity contribution in [3.05, 3.63) is 30.2 Å². The Labute approximate surface area is 113 Å². The van der Waals surface area contributed by atoms with Gasteiger partial charge in [-0.05, 0) is 46.1 Å². The zero-order valence-corrected chi connectivity index (χ0v) is 12.1. The van der Waals surface area contributed by atoms with Gasteiger partial charge in [0.1, 0.15) is 5.65 Å². The maximum atomic E-state index is 6.05. The Morgan fingerprint density at radius 2 is 1.68 bits per heavy atom. The molecule has 0 bridgehead atoms. The van der Waals surface area contributed by atoms with Crippen LogP contribution in [0.5, 0.6) is 0 Å². The second-order valence-electron chi connectivity index (χ2n) is 6.20. The van der Waals surface area contributed by atoms with Crippen LogP contribution in [-0.2, 0) is 9.31 Å². The summed E-state index contributed by atoms with van der Waals surface area (Å²) in [6, 6.07) is 4.01. The molecule has 2 aromatic heterocycles. The van der Waals surface area contributed by atoms with Gasteiger partial charge < -0.3 is 13.7 Å². The number of hydrogen-bond acceptors (Lipinski definition) is 3. The molecule has 19 heavy (non-hydrogen) atoms. The average Bonchev–Trinajstić information content (AvgIpc) is 2.74. The SMILES string of the molecule is Cc1cn2cc(B3OC(C)(C)C(C)(C)O3)ccc2n1. The molecule has 0 atom stereocenters. The van der Waals surface area contributed by atoms with Crippen LogP contribution in [0.15, 0.2) is 24.5 Å². The first kappa shape index (κ1) is 12.7. The molecule has 1 saturated heterocycles. The first-order valence-electron chi connectivity index (χ1n) is 6.59. The Morgan fingerprint density at radius 3 is 2.32 bits per heavy atom. The van der Waals surface area contributed by atoms with Gasteiger partial charge in [0.05, 0.1) is 16.9 Å². The van der Waals surface area contributed by atoms with Crippen molar-refractivity contribution in [1.82, 2.24) is 9.38 Å². The highest BCUT2D eigenvalue weighted by Crippen LogP contribution is 2.36. The van der Waals surface area contributed by atoms with E-state index in [-0.39, 0.29) is 18.3 Å². The largest absolute Gasteiger partial charge is 0.496 e. The van der Waals surface area contributed by atoms with Gasteiger partial charge in [-0.1, -0.05) is 6.07 Å². The minimum Gasteiger partial charge on any atom is -0.399 e. The molecule has 0 spiro atoms. The fraction of sp³-hybridized carbons (Fsp3) is 0.500. The van der Waals surface area contributed by atoms with Crippen molar-refractivity contribution in [2.75, 3.05) is 0 Å². The van der Waals surface area contributed by atoms with Gasteiger partial charge in [0.2, 0.25) is 0 Å². The first-order chi connectivity index (χ1) is 8.78. The van der Waals surface area contributed by atoms with E-state index >= 15 is 0 Å². The summed E-state index contributed by atoms with van der Waals surface area (Å²) >= 11 is 0. The number of aryl methyl sites for hydroxylation is 1. The number of nitrogens with zero attached hydrogens (tertiary/aromatic N) is 2. The van der Waals surface area contributed by atoms with Crippen molar-refractivity contribution < 1.29 is 9.31 Å². The second kappa shape index (κ2) is 3.84. The fourth-order valence-electron chi connectivity index (χ4n) is 2.25. The molecule has 5 heteroatoms. The predicted molar refractivity (Wildman–Crippen MR) is 75.6 cm³/mol. The first-order valence-corrected chi connectivity index (χ1v) is 6.59. The Hall–Kier alpha value is -1.33. The van der Waals surface area contributed by atoms with E-state index in [0.717, 1.165) is 16.8 Å². The number of hydrogen-bond donors (Lipinski definition) is 0. The third kappa shape index (κ3) is 1.97. The van der Waals surface area contributed by atoms with Crippen molar-refractivity contribution in [3.63, 3.8) is 0 Å². The summed E-state index contributed by atoms with van der Waals surface area (Å²) in [6.45, 7) is 10.2. The molecule has 4 nitrogen and oxygen atoms in total. The Kier molecular flexibility index (Phi) is 2.56. The zero-order chi connectivity index (χ0) is 13.8. The molecule has 2 aromatic rings. The number of imidazole rings is 1. The topological polar surface area (TPSA) is 35.8 Å². The second-order valence-corrected chi connectivity index (χ2v) is 6.20. The molecule has 0 saturated carbocycles. The standard InChI is InChI=1S/C14H19BN2O2/c1-10-8-17-9-11(6-7-12(17)16-10)15-18-13(2,3)14(4,5)19-15/h6-9H,1-5H3. The maximum Gasteiger partial charge on any atom is 0.496 e. The summed E-state index contributed by atoms with van der Waals surface area (Å²) in [5.41, 5.74) is 2.35. The fourth-order valence-corrected chi connectivity index (χ4v) is 2.25. The van der Waals surface area contributed by atoms with Crippen molar-refractivity contribution in [3.8, 4) is 0 Å². The average molecular weight is 258 g/mol. The third-order valence-electron chi connectivity index (χ3n) is 4.12. The molecule has 1 aliphatic heterocycles. The van der Waals surface area contributed by atoms with E-state index in [4.69, 9.17) is 9.31 Å². The Balaban J connectivity index is 1.97. The molecule has 3 heterocycles. The molecule has 3 rings (SSSR count). The van der Waals surface area contributed by atoms with E-state index < -0.39 is 0 Å². The zero-order valence-electron chi connectivity index (χ0n) is 12.1. The van der Waals surface area contributed by atoms with E-state index in [0.29, 0.717) is 0 Å². The molecule has 0 N–H and O–H groups in total. The van der Waals surface area contributed by atoms with Gasteiger partial charge in [-0.15, -0.1) is 0 Å². The van der Waals surface area contributed by atoms with Crippen LogP contribution in [0, 0.1) is 6.92 Å². The summed E-state index contributed by atoms with van der Waals surface area (Å²) in [7, 11) is -0.322. The third-order valence-corrected chi connectivity index (χ3v) is 4.12. The highest BCUT2D eigenvalue weighted by atomic mass is 16.7. The van der Waals surface area contributed by atoms with Crippen LogP contribution in [0.3, 0.4) is 0 Å². The summed E-state index contributed by atoms with van der Waals surface area (Å²) < 4.78 is 14.1. The van der Waals surface area contributed by atoms with Crippen molar-refractivity contribution in [2.24, 2.45) is 0 Å². The van der Waals surface area contributed by atoms with Crippen LogP contribution in [0.1, 0.15) is 33.4 Å². The van der Waals surface area contributed by atoms with Crippen molar-refractivity contribution in [1.29, 1.82) is 0 Å². The van der Waals surface area contributed by atoms with E-state index in [9.17, 15) is 0 Å². The molecule has 0 radical (unpaired) electrons. The molecule has 0 aliphatic carbocycles. The maximum absolute atomic E-state index is 6.05. The lowest BCUT2D eigenvalue weighted by molar-refractivity contribution is 0.00578. The molecule has 0 unspecified atom stereocenters. The van der Waals surface area contributed by atoms with Gasteiger partial charge in [0.15, 0.2) is 0 Å². The van der Waals surface area contributed by atoms with Crippen LogP contribution in [-0.4, -0.2) is 27.7 Å². The Morgan fingerprint density at radius 1 is 1.05 bits per heavy atom. The van der Waals surface area contributed by atoms with E-state index in [1.165, 1.54) is 0 Å². The van der Waals surface area contributed by atoms with Gasteiger partial charge in [0.25, 0.3) is 0 Å². The molecule has 0 amide bonds. The number of aromatic nitrogens is 2. The van der Waals surface area contributed by atoms with Crippen molar-refractivity contribution >= 4 is 18.2 Å². The molecule has 1 aliphatic rings. The van der Waals surface area contributed by atoms with Gasteiger partial charge in [0, 0.05) is 12.4 Å². The highest BCUT2D eigenvalue weighted by Gasteiger charge is 2.51. The Bertz CT molecular complexity index is 617. The van der Waals surface area contributed by atoms with Crippen LogP contribution >= 0.6 is 0 Å². The molecule has 100 valence electrons. The molecular weight excluding hydrogens is 239 g/mol. The minimum atomic E-state index is -0.322. The molecular formula is C14H19BN2O2. The molecule has 1 fully saturated rings. The van der Waals surface area contributed by atoms with Gasteiger partial charge in [-0.2, -0.15) is 0 Å². The van der Waals surface area contributed by atoms with Crippen LogP contribution < -0.4 is 5.46 Å². The van der Waals surface area contributed by atoms with E-state index in [2.05, 4.69) is 32.7 Å². The highest BCUT2D eigenvalue weighted by molar-refractivity contribution is 6.62. The lowest BCUT2D eigenvalue weighted by atomic mass is 9.80. The smallest absolute Gasteiger partial charge is 0.399 e.